The van der Waals surface area contributed by atoms with Crippen LogP contribution in [0, 0.1) is 5.92 Å². The molecular formula is C16H21NO5S. The summed E-state index contributed by atoms with van der Waals surface area (Å²) < 4.78 is 17.2. The third kappa shape index (κ3) is 2.23. The Bertz CT molecular complexity index is 567. The molecule has 0 aromatic carbocycles. The fraction of sp³-hybridized carbons (Fsp3) is 0.812. The molecule has 1 aliphatic carbocycles. The van der Waals surface area contributed by atoms with Gasteiger partial charge in [-0.3, -0.25) is 9.59 Å². The first kappa shape index (κ1) is 15.2. The number of ether oxygens (including phenoxy) is 3. The van der Waals surface area contributed by atoms with Crippen LogP contribution in [0.1, 0.15) is 45.4 Å². The molecule has 4 fully saturated rings. The number of carbonyl (C=O) groups excluding carboxylic acids is 2. The number of amides is 1. The molecule has 0 radical (unpaired) electrons. The fourth-order valence-electron chi connectivity index (χ4n) is 4.95. The largest absolute Gasteiger partial charge is 0.456 e. The minimum atomic E-state index is -0.645. The van der Waals surface area contributed by atoms with Crippen molar-refractivity contribution in [2.24, 2.45) is 5.92 Å². The minimum absolute atomic E-state index is 0.0482. The molecule has 23 heavy (non-hydrogen) atoms. The molecule has 3 aliphatic heterocycles. The number of rotatable bonds is 1. The third-order valence-electron chi connectivity index (χ3n) is 5.85. The zero-order chi connectivity index (χ0) is 16.2. The van der Waals surface area contributed by atoms with Crippen LogP contribution in [0.15, 0.2) is 0 Å². The molecule has 0 aromatic rings. The van der Waals surface area contributed by atoms with E-state index in [0.717, 1.165) is 32.2 Å². The smallest absolute Gasteiger partial charge is 0.353 e. The summed E-state index contributed by atoms with van der Waals surface area (Å²) in [7, 11) is 0. The molecule has 1 saturated carbocycles. The molecule has 1 amide bonds. The molecular weight excluding hydrogens is 318 g/mol. The SMILES string of the molecule is CC(=O)N1CCCC[C@@H]1[C@]12CC[C@@H]3OC(=S)O[C@@H]3[C@H]1CC(=O)O2. The van der Waals surface area contributed by atoms with E-state index in [1.807, 2.05) is 4.90 Å². The number of thiocarbonyl (C=S) groups is 1. The lowest BCUT2D eigenvalue weighted by atomic mass is 9.67. The standard InChI is InChI=1S/C16H21NO5S/c1-9(18)17-7-3-2-4-12(17)16-6-5-11-14(21-15(23)20-11)10(16)8-13(19)22-16/h10-12,14H,2-8H2,1H3/t10-,11+,12-,14-,16+/m1/s1. The van der Waals surface area contributed by atoms with E-state index >= 15 is 0 Å². The van der Waals surface area contributed by atoms with E-state index in [-0.39, 0.29) is 41.3 Å². The van der Waals surface area contributed by atoms with Crippen molar-refractivity contribution < 1.29 is 23.8 Å². The highest BCUT2D eigenvalue weighted by molar-refractivity contribution is 7.79. The number of likely N-dealkylation sites (tertiary alicyclic amines) is 1. The highest BCUT2D eigenvalue weighted by atomic mass is 32.1. The van der Waals surface area contributed by atoms with Crippen molar-refractivity contribution >= 4 is 29.3 Å². The van der Waals surface area contributed by atoms with Gasteiger partial charge in [0.05, 0.1) is 18.4 Å². The van der Waals surface area contributed by atoms with Crippen LogP contribution in [-0.2, 0) is 23.8 Å². The van der Waals surface area contributed by atoms with E-state index in [1.54, 1.807) is 6.92 Å². The van der Waals surface area contributed by atoms with Crippen LogP contribution in [-0.4, -0.2) is 52.4 Å². The predicted octanol–water partition coefficient (Wildman–Crippen LogP) is 1.55. The van der Waals surface area contributed by atoms with Crippen LogP contribution in [0.5, 0.6) is 0 Å². The summed E-state index contributed by atoms with van der Waals surface area (Å²) in [6, 6.07) is -0.0658. The maximum Gasteiger partial charge on any atom is 0.353 e. The second-order valence-corrected chi connectivity index (χ2v) is 7.32. The van der Waals surface area contributed by atoms with Crippen molar-refractivity contribution in [3.05, 3.63) is 0 Å². The number of carbonyl (C=O) groups is 2. The molecule has 3 saturated heterocycles. The molecule has 4 rings (SSSR count). The van der Waals surface area contributed by atoms with Gasteiger partial charge in [0.25, 0.3) is 0 Å². The molecule has 0 unspecified atom stereocenters. The lowest BCUT2D eigenvalue weighted by molar-refractivity contribution is -0.175. The van der Waals surface area contributed by atoms with E-state index in [9.17, 15) is 9.59 Å². The maximum atomic E-state index is 12.1. The van der Waals surface area contributed by atoms with Gasteiger partial charge >= 0.3 is 11.2 Å². The topological polar surface area (TPSA) is 65.1 Å². The first-order valence-corrected chi connectivity index (χ1v) is 8.78. The highest BCUT2D eigenvalue weighted by Gasteiger charge is 2.65. The lowest BCUT2D eigenvalue weighted by Gasteiger charge is -2.50. The Hall–Kier alpha value is -1.37. The van der Waals surface area contributed by atoms with Gasteiger partial charge in [-0.15, -0.1) is 0 Å². The van der Waals surface area contributed by atoms with Gasteiger partial charge in [-0.25, -0.2) is 0 Å². The van der Waals surface area contributed by atoms with Crippen LogP contribution in [0.3, 0.4) is 0 Å². The Morgan fingerprint density at radius 1 is 1.30 bits per heavy atom. The Kier molecular flexibility index (Phi) is 3.51. The van der Waals surface area contributed by atoms with E-state index in [0.29, 0.717) is 12.8 Å². The molecule has 0 aromatic heterocycles. The van der Waals surface area contributed by atoms with Gasteiger partial charge in [0.2, 0.25) is 5.91 Å². The maximum absolute atomic E-state index is 12.1. The molecule has 126 valence electrons. The average molecular weight is 339 g/mol. The second kappa shape index (κ2) is 5.33. The quantitative estimate of drug-likeness (QED) is 0.533. The van der Waals surface area contributed by atoms with E-state index < -0.39 is 5.60 Å². The molecule has 0 spiro atoms. The van der Waals surface area contributed by atoms with Crippen LogP contribution < -0.4 is 0 Å². The third-order valence-corrected chi connectivity index (χ3v) is 6.04. The van der Waals surface area contributed by atoms with Crippen LogP contribution in [0.4, 0.5) is 0 Å². The zero-order valence-corrected chi connectivity index (χ0v) is 14.0. The van der Waals surface area contributed by atoms with E-state index in [1.165, 1.54) is 0 Å². The van der Waals surface area contributed by atoms with Crippen molar-refractivity contribution in [3.63, 3.8) is 0 Å². The van der Waals surface area contributed by atoms with Gasteiger partial charge in [-0.2, -0.15) is 0 Å². The van der Waals surface area contributed by atoms with Crippen molar-refractivity contribution in [1.29, 1.82) is 0 Å². The predicted molar refractivity (Wildman–Crippen MR) is 83.5 cm³/mol. The zero-order valence-electron chi connectivity index (χ0n) is 13.2. The molecule has 5 atom stereocenters. The molecule has 0 N–H and O–H groups in total. The van der Waals surface area contributed by atoms with Gasteiger partial charge in [0, 0.05) is 25.7 Å². The number of hydrogen-bond acceptors (Lipinski definition) is 6. The summed E-state index contributed by atoms with van der Waals surface area (Å²) in [6.45, 7) is 2.33. The highest BCUT2D eigenvalue weighted by Crippen LogP contribution is 2.52. The summed E-state index contributed by atoms with van der Waals surface area (Å²) in [6.07, 6.45) is 4.33. The Morgan fingerprint density at radius 3 is 2.91 bits per heavy atom. The molecule has 6 nitrogen and oxygen atoms in total. The van der Waals surface area contributed by atoms with Gasteiger partial charge < -0.3 is 19.1 Å². The first-order chi connectivity index (χ1) is 11.0. The summed E-state index contributed by atoms with van der Waals surface area (Å²) in [4.78, 5) is 26.1. The summed E-state index contributed by atoms with van der Waals surface area (Å²) >= 11 is 5.05. The summed E-state index contributed by atoms with van der Waals surface area (Å²) in [5.74, 6) is -0.252. The number of hydrogen-bond donors (Lipinski definition) is 0. The summed E-state index contributed by atoms with van der Waals surface area (Å²) in [5.41, 5.74) is -0.645. The first-order valence-electron chi connectivity index (χ1n) is 8.37. The number of esters is 1. The van der Waals surface area contributed by atoms with Gasteiger partial charge in [-0.1, -0.05) is 0 Å². The molecule has 7 heteroatoms. The fourth-order valence-corrected chi connectivity index (χ4v) is 5.18. The van der Waals surface area contributed by atoms with Crippen LogP contribution in [0.25, 0.3) is 0 Å². The van der Waals surface area contributed by atoms with Gasteiger partial charge in [0.1, 0.15) is 17.8 Å². The number of nitrogens with zero attached hydrogens (tertiary/aromatic N) is 1. The van der Waals surface area contributed by atoms with Crippen molar-refractivity contribution in [1.82, 2.24) is 4.90 Å². The van der Waals surface area contributed by atoms with E-state index in [4.69, 9.17) is 26.4 Å². The Morgan fingerprint density at radius 2 is 2.13 bits per heavy atom. The Balaban J connectivity index is 1.70. The van der Waals surface area contributed by atoms with Crippen molar-refractivity contribution in [2.75, 3.05) is 6.54 Å². The summed E-state index contributed by atoms with van der Waals surface area (Å²) in [5, 5.41) is 0.169. The average Bonchev–Trinajstić information content (AvgIpc) is 3.06. The Labute approximate surface area is 140 Å². The van der Waals surface area contributed by atoms with Gasteiger partial charge in [0.15, 0.2) is 0 Å². The lowest BCUT2D eigenvalue weighted by Crippen LogP contribution is -2.63. The molecule has 0 bridgehead atoms. The van der Waals surface area contributed by atoms with Crippen molar-refractivity contribution in [3.8, 4) is 0 Å². The minimum Gasteiger partial charge on any atom is -0.456 e. The molecule has 4 aliphatic rings. The number of piperidine rings is 1. The monoisotopic (exact) mass is 339 g/mol. The number of fused-ring (bicyclic) bond motifs is 3. The van der Waals surface area contributed by atoms with E-state index in [2.05, 4.69) is 0 Å². The van der Waals surface area contributed by atoms with Crippen molar-refractivity contribution in [2.45, 2.75) is 69.3 Å². The van der Waals surface area contributed by atoms with Gasteiger partial charge in [-0.05, 0) is 32.1 Å². The molecule has 3 heterocycles. The second-order valence-electron chi connectivity index (χ2n) is 6.99. The van der Waals surface area contributed by atoms with Crippen LogP contribution >= 0.6 is 12.2 Å². The van der Waals surface area contributed by atoms with Crippen LogP contribution in [0.2, 0.25) is 0 Å². The normalized spacial score (nSPS) is 42.4.